The van der Waals surface area contributed by atoms with Crippen LogP contribution in [-0.4, -0.2) is 26.6 Å². The highest BCUT2D eigenvalue weighted by Crippen LogP contribution is 2.44. The van der Waals surface area contributed by atoms with Crippen LogP contribution < -0.4 is 15.8 Å². The number of halogens is 4. The summed E-state index contributed by atoms with van der Waals surface area (Å²) >= 11 is 6.63. The van der Waals surface area contributed by atoms with Crippen molar-refractivity contribution >= 4 is 50.7 Å². The van der Waals surface area contributed by atoms with Gasteiger partial charge in [0.15, 0.2) is 5.76 Å². The molecule has 5 aromatic rings. The average molecular weight is 618 g/mol. The predicted molar refractivity (Wildman–Crippen MR) is 152 cm³/mol. The predicted octanol–water partition coefficient (Wildman–Crippen LogP) is 6.99. The van der Waals surface area contributed by atoms with Gasteiger partial charge in [0.05, 0.1) is 11.9 Å². The minimum absolute atomic E-state index is 0.0126. The zero-order chi connectivity index (χ0) is 30.3. The molecule has 0 aliphatic heterocycles. The Morgan fingerprint density at radius 1 is 1.17 bits per heavy atom. The summed E-state index contributed by atoms with van der Waals surface area (Å²) in [6.07, 6.45) is -3.34. The normalized spacial score (nSPS) is 11.7. The van der Waals surface area contributed by atoms with E-state index in [0.29, 0.717) is 45.7 Å². The summed E-state index contributed by atoms with van der Waals surface area (Å²) in [4.78, 5) is 29.1. The first-order valence-electron chi connectivity index (χ1n) is 12.5. The van der Waals surface area contributed by atoms with Gasteiger partial charge in [-0.05, 0) is 68.3 Å². The average Bonchev–Trinajstić information content (AvgIpc) is 3.64. The molecule has 9 nitrogen and oxygen atoms in total. The lowest BCUT2D eigenvalue weighted by Crippen LogP contribution is -2.16. The number of carbonyl (C=O) groups excluding carboxylic acids is 2. The van der Waals surface area contributed by atoms with Gasteiger partial charge >= 0.3 is 6.18 Å². The van der Waals surface area contributed by atoms with Gasteiger partial charge in [0.25, 0.3) is 11.8 Å². The first-order valence-corrected chi connectivity index (χ1v) is 13.7. The molecule has 0 atom stereocenters. The van der Waals surface area contributed by atoms with Crippen molar-refractivity contribution in [2.24, 2.45) is 5.73 Å². The van der Waals surface area contributed by atoms with Gasteiger partial charge in [-0.25, -0.2) is 4.98 Å². The van der Waals surface area contributed by atoms with E-state index >= 15 is 0 Å². The van der Waals surface area contributed by atoms with Crippen LogP contribution in [0.4, 0.5) is 18.9 Å². The van der Waals surface area contributed by atoms with E-state index in [9.17, 15) is 22.8 Å². The SMILES string of the molecule is CCn1ncc(-c2cc(C(F)(F)F)nc3sc(C(N)=O)c(NC(=O)c4ccc(COc5ccc(Cl)cc5C)o4)c23)c1C. The molecule has 5 rings (SSSR count). The number of nitrogens with two attached hydrogens (primary N) is 1. The van der Waals surface area contributed by atoms with E-state index in [1.807, 2.05) is 13.8 Å². The van der Waals surface area contributed by atoms with Crippen LogP contribution in [0.15, 0.2) is 47.0 Å². The number of rotatable bonds is 8. The number of aryl methyl sites for hydroxylation is 2. The molecule has 0 bridgehead atoms. The number of nitrogens with one attached hydrogen (secondary N) is 1. The molecule has 1 aromatic carbocycles. The second kappa shape index (κ2) is 11.1. The van der Waals surface area contributed by atoms with Gasteiger partial charge in [-0.3, -0.25) is 14.3 Å². The van der Waals surface area contributed by atoms with Crippen LogP contribution in [-0.2, 0) is 19.3 Å². The lowest BCUT2D eigenvalue weighted by atomic mass is 10.0. The smallest absolute Gasteiger partial charge is 0.433 e. The second-order valence-corrected chi connectivity index (χ2v) is 10.7. The number of carbonyl (C=O) groups is 2. The molecule has 0 aliphatic carbocycles. The number of primary amides is 1. The Morgan fingerprint density at radius 2 is 1.93 bits per heavy atom. The summed E-state index contributed by atoms with van der Waals surface area (Å²) in [5.74, 6) is -0.900. The summed E-state index contributed by atoms with van der Waals surface area (Å²) < 4.78 is 54.5. The highest BCUT2D eigenvalue weighted by atomic mass is 35.5. The Labute approximate surface area is 246 Å². The number of hydrogen-bond acceptors (Lipinski definition) is 7. The molecular formula is C28H23ClF3N5O4S. The molecule has 4 aromatic heterocycles. The molecule has 0 saturated heterocycles. The molecular weight excluding hydrogens is 595 g/mol. The van der Waals surface area contributed by atoms with Crippen LogP contribution >= 0.6 is 22.9 Å². The molecule has 42 heavy (non-hydrogen) atoms. The standard InChI is InChI=1S/C28H23ClF3N5O4S/c1-4-37-14(3)18(11-34-37)17-10-21(28(30,31)32)35-27-22(17)23(24(42-27)25(33)38)36-26(39)20-8-6-16(41-20)12-40-19-7-5-15(29)9-13(19)2/h5-11H,4,12H2,1-3H3,(H2,33,38)(H,36,39). The van der Waals surface area contributed by atoms with E-state index in [-0.39, 0.29) is 38.7 Å². The van der Waals surface area contributed by atoms with Crippen molar-refractivity contribution in [2.75, 3.05) is 5.32 Å². The van der Waals surface area contributed by atoms with Gasteiger partial charge in [0.2, 0.25) is 0 Å². The van der Waals surface area contributed by atoms with Crippen LogP contribution in [0.3, 0.4) is 0 Å². The summed E-state index contributed by atoms with van der Waals surface area (Å²) in [6, 6.07) is 8.98. The molecule has 0 unspecified atom stereocenters. The fraction of sp³-hybridized carbons (Fsp3) is 0.214. The minimum atomic E-state index is -4.77. The minimum Gasteiger partial charge on any atom is -0.485 e. The summed E-state index contributed by atoms with van der Waals surface area (Å²) in [7, 11) is 0. The van der Waals surface area contributed by atoms with Crippen molar-refractivity contribution in [3.8, 4) is 16.9 Å². The molecule has 218 valence electrons. The van der Waals surface area contributed by atoms with Crippen LogP contribution in [0.25, 0.3) is 21.3 Å². The lowest BCUT2D eigenvalue weighted by Gasteiger charge is -2.12. The monoisotopic (exact) mass is 617 g/mol. The highest BCUT2D eigenvalue weighted by Gasteiger charge is 2.35. The van der Waals surface area contributed by atoms with Crippen LogP contribution in [0.2, 0.25) is 5.02 Å². The van der Waals surface area contributed by atoms with E-state index in [2.05, 4.69) is 15.4 Å². The maximum atomic E-state index is 13.8. The highest BCUT2D eigenvalue weighted by molar-refractivity contribution is 7.21. The van der Waals surface area contributed by atoms with E-state index < -0.39 is 23.7 Å². The Kier molecular flexibility index (Phi) is 7.73. The van der Waals surface area contributed by atoms with Gasteiger partial charge in [0.1, 0.15) is 33.5 Å². The third-order valence-corrected chi connectivity index (χ3v) is 7.83. The van der Waals surface area contributed by atoms with Crippen LogP contribution in [0, 0.1) is 13.8 Å². The van der Waals surface area contributed by atoms with Crippen molar-refractivity contribution in [2.45, 2.75) is 40.1 Å². The summed E-state index contributed by atoms with van der Waals surface area (Å²) in [5.41, 5.74) is 6.24. The van der Waals surface area contributed by atoms with E-state index in [4.69, 9.17) is 26.5 Å². The second-order valence-electron chi connectivity index (χ2n) is 9.28. The number of alkyl halides is 3. The quantitative estimate of drug-likeness (QED) is 0.193. The molecule has 2 amide bonds. The molecule has 0 aliphatic rings. The Hall–Kier alpha value is -4.36. The molecule has 0 saturated carbocycles. The number of amides is 2. The fourth-order valence-electron chi connectivity index (χ4n) is 4.45. The lowest BCUT2D eigenvalue weighted by molar-refractivity contribution is -0.140. The molecule has 4 heterocycles. The number of aromatic nitrogens is 3. The number of nitrogens with zero attached hydrogens (tertiary/aromatic N) is 3. The van der Waals surface area contributed by atoms with Crippen molar-refractivity contribution in [1.29, 1.82) is 0 Å². The number of pyridine rings is 1. The number of furan rings is 1. The van der Waals surface area contributed by atoms with Crippen molar-refractivity contribution in [3.05, 3.63) is 81.0 Å². The summed E-state index contributed by atoms with van der Waals surface area (Å²) in [6.45, 7) is 5.88. The van der Waals surface area contributed by atoms with Gasteiger partial charge in [-0.2, -0.15) is 18.3 Å². The maximum Gasteiger partial charge on any atom is 0.433 e. The number of ether oxygens (including phenoxy) is 1. The number of anilines is 1. The van der Waals surface area contributed by atoms with Crippen LogP contribution in [0.1, 0.15) is 49.9 Å². The Morgan fingerprint density at radius 3 is 2.57 bits per heavy atom. The Bertz CT molecular complexity index is 1840. The van der Waals surface area contributed by atoms with Gasteiger partial charge in [0, 0.05) is 28.2 Å². The van der Waals surface area contributed by atoms with Crippen molar-refractivity contribution in [1.82, 2.24) is 14.8 Å². The van der Waals surface area contributed by atoms with E-state index in [1.165, 1.54) is 12.3 Å². The van der Waals surface area contributed by atoms with E-state index in [0.717, 1.165) is 11.6 Å². The van der Waals surface area contributed by atoms with Crippen molar-refractivity contribution in [3.63, 3.8) is 0 Å². The molecule has 0 fully saturated rings. The van der Waals surface area contributed by atoms with Gasteiger partial charge in [-0.1, -0.05) is 11.6 Å². The number of benzene rings is 1. The first-order chi connectivity index (χ1) is 19.9. The third-order valence-electron chi connectivity index (χ3n) is 6.50. The van der Waals surface area contributed by atoms with Gasteiger partial charge in [-0.15, -0.1) is 11.3 Å². The van der Waals surface area contributed by atoms with E-state index in [1.54, 1.807) is 35.9 Å². The first kappa shape index (κ1) is 29.1. The fourth-order valence-corrected chi connectivity index (χ4v) is 5.69. The van der Waals surface area contributed by atoms with Crippen LogP contribution in [0.5, 0.6) is 5.75 Å². The maximum absolute atomic E-state index is 13.8. The molecule has 0 spiro atoms. The molecule has 3 N–H and O–H groups in total. The van der Waals surface area contributed by atoms with Crippen molar-refractivity contribution < 1.29 is 31.9 Å². The topological polar surface area (TPSA) is 125 Å². The Balaban J connectivity index is 1.53. The number of hydrogen-bond donors (Lipinski definition) is 2. The van der Waals surface area contributed by atoms with Gasteiger partial charge < -0.3 is 20.2 Å². The zero-order valence-corrected chi connectivity index (χ0v) is 24.0. The zero-order valence-electron chi connectivity index (χ0n) is 22.4. The molecule has 0 radical (unpaired) electrons. The number of thiophene rings is 1. The third kappa shape index (κ3) is 5.57. The largest absolute Gasteiger partial charge is 0.485 e. The summed E-state index contributed by atoms with van der Waals surface area (Å²) in [5, 5.41) is 7.55. The number of fused-ring (bicyclic) bond motifs is 1. The molecule has 14 heteroatoms.